The summed E-state index contributed by atoms with van der Waals surface area (Å²) in [6.07, 6.45) is 0.628. The fourth-order valence-electron chi connectivity index (χ4n) is 2.33. The summed E-state index contributed by atoms with van der Waals surface area (Å²) in [5.41, 5.74) is 8.02. The molecule has 5 nitrogen and oxygen atoms in total. The molecule has 1 aromatic heterocycles. The molecule has 1 aromatic carbocycles. The number of fused-ring (bicyclic) bond motifs is 1. The Balaban J connectivity index is 2.07. The number of hydrogen-bond donors (Lipinski definition) is 2. The molecular weight excluding hydrogens is 318 g/mol. The Morgan fingerprint density at radius 2 is 2.22 bits per heavy atom. The van der Waals surface area contributed by atoms with Crippen LogP contribution in [-0.4, -0.2) is 29.9 Å². The molecule has 18 heavy (non-hydrogen) atoms. The van der Waals surface area contributed by atoms with Gasteiger partial charge in [-0.25, -0.2) is 13.4 Å². The standard InChI is InChI=1S/C11H12BrN3O2S/c12-7-3-8(13)10-9(4-7)14-11(15-10)6-1-2-18(16,17)5-6/h3-4,6H,1-2,5,13H2,(H,14,15). The minimum atomic E-state index is -2.90. The van der Waals surface area contributed by atoms with Gasteiger partial charge in [-0.15, -0.1) is 0 Å². The summed E-state index contributed by atoms with van der Waals surface area (Å²) < 4.78 is 23.8. The van der Waals surface area contributed by atoms with Crippen molar-refractivity contribution < 1.29 is 8.42 Å². The fourth-order valence-corrected chi connectivity index (χ4v) is 4.55. The topological polar surface area (TPSA) is 88.8 Å². The molecule has 1 aliphatic heterocycles. The van der Waals surface area contributed by atoms with Crippen LogP contribution < -0.4 is 5.73 Å². The highest BCUT2D eigenvalue weighted by molar-refractivity contribution is 9.10. The maximum Gasteiger partial charge on any atom is 0.151 e. The lowest BCUT2D eigenvalue weighted by molar-refractivity contribution is 0.601. The molecule has 0 radical (unpaired) electrons. The van der Waals surface area contributed by atoms with Crippen LogP contribution in [0.25, 0.3) is 11.0 Å². The molecule has 2 heterocycles. The highest BCUT2D eigenvalue weighted by atomic mass is 79.9. The van der Waals surface area contributed by atoms with E-state index in [4.69, 9.17) is 5.73 Å². The maximum atomic E-state index is 11.5. The lowest BCUT2D eigenvalue weighted by Crippen LogP contribution is -2.04. The first-order valence-corrected chi connectivity index (χ1v) is 8.21. The normalized spacial score (nSPS) is 22.6. The molecule has 0 saturated carbocycles. The summed E-state index contributed by atoms with van der Waals surface area (Å²) in [6.45, 7) is 0. The molecule has 96 valence electrons. The van der Waals surface area contributed by atoms with E-state index in [0.29, 0.717) is 17.6 Å². The first-order valence-electron chi connectivity index (χ1n) is 5.60. The number of hydrogen-bond acceptors (Lipinski definition) is 4. The number of nitrogens with two attached hydrogens (primary N) is 1. The molecule has 1 fully saturated rings. The van der Waals surface area contributed by atoms with Crippen LogP contribution in [0.2, 0.25) is 0 Å². The number of benzene rings is 1. The highest BCUT2D eigenvalue weighted by Crippen LogP contribution is 2.31. The molecule has 0 bridgehead atoms. The number of nitrogen functional groups attached to an aromatic ring is 1. The zero-order valence-electron chi connectivity index (χ0n) is 9.48. The predicted octanol–water partition coefficient (Wildman–Crippen LogP) is 1.81. The summed E-state index contributed by atoms with van der Waals surface area (Å²) in [7, 11) is -2.90. The van der Waals surface area contributed by atoms with E-state index in [9.17, 15) is 8.42 Å². The molecule has 3 N–H and O–H groups in total. The van der Waals surface area contributed by atoms with E-state index < -0.39 is 9.84 Å². The van der Waals surface area contributed by atoms with Gasteiger partial charge in [-0.05, 0) is 18.6 Å². The van der Waals surface area contributed by atoms with Crippen molar-refractivity contribution in [2.24, 2.45) is 0 Å². The van der Waals surface area contributed by atoms with Crippen LogP contribution in [0.5, 0.6) is 0 Å². The lowest BCUT2D eigenvalue weighted by atomic mass is 10.1. The van der Waals surface area contributed by atoms with Crippen molar-refractivity contribution in [1.29, 1.82) is 0 Å². The fraction of sp³-hybridized carbons (Fsp3) is 0.364. The number of aromatic nitrogens is 2. The van der Waals surface area contributed by atoms with Crippen molar-refractivity contribution in [3.8, 4) is 0 Å². The van der Waals surface area contributed by atoms with E-state index >= 15 is 0 Å². The van der Waals surface area contributed by atoms with Gasteiger partial charge in [-0.1, -0.05) is 15.9 Å². The quantitative estimate of drug-likeness (QED) is 0.781. The van der Waals surface area contributed by atoms with Gasteiger partial charge in [-0.3, -0.25) is 0 Å². The molecule has 2 aromatic rings. The van der Waals surface area contributed by atoms with Crippen LogP contribution in [0.1, 0.15) is 18.2 Å². The monoisotopic (exact) mass is 329 g/mol. The SMILES string of the molecule is Nc1cc(Br)cc2[nH]c(C3CCS(=O)(=O)C3)nc12. The second kappa shape index (κ2) is 3.96. The minimum absolute atomic E-state index is 0.0411. The van der Waals surface area contributed by atoms with Gasteiger partial charge >= 0.3 is 0 Å². The second-order valence-corrected chi connectivity index (χ2v) is 7.76. The van der Waals surface area contributed by atoms with Gasteiger partial charge in [0, 0.05) is 10.4 Å². The van der Waals surface area contributed by atoms with E-state index in [0.717, 1.165) is 15.8 Å². The molecule has 3 rings (SSSR count). The molecule has 0 spiro atoms. The van der Waals surface area contributed by atoms with Crippen molar-refractivity contribution in [1.82, 2.24) is 9.97 Å². The molecule has 1 aliphatic rings. The maximum absolute atomic E-state index is 11.5. The molecule has 1 unspecified atom stereocenters. The smallest absolute Gasteiger partial charge is 0.151 e. The van der Waals surface area contributed by atoms with E-state index in [1.807, 2.05) is 6.07 Å². The largest absolute Gasteiger partial charge is 0.397 e. The van der Waals surface area contributed by atoms with Crippen LogP contribution >= 0.6 is 15.9 Å². The van der Waals surface area contributed by atoms with Gasteiger partial charge in [0.2, 0.25) is 0 Å². The Morgan fingerprint density at radius 3 is 2.89 bits per heavy atom. The third-order valence-electron chi connectivity index (χ3n) is 3.22. The second-order valence-electron chi connectivity index (χ2n) is 4.61. The Bertz CT molecular complexity index is 723. The summed E-state index contributed by atoms with van der Waals surface area (Å²) in [6, 6.07) is 3.68. The summed E-state index contributed by atoms with van der Waals surface area (Å²) in [4.78, 5) is 7.61. The molecular formula is C11H12BrN3O2S. The molecule has 1 atom stereocenters. The van der Waals surface area contributed by atoms with Crippen LogP contribution in [0.4, 0.5) is 5.69 Å². The number of imidazole rings is 1. The summed E-state index contributed by atoms with van der Waals surface area (Å²) in [5.74, 6) is 1.10. The third kappa shape index (κ3) is 2.01. The Hall–Kier alpha value is -1.08. The van der Waals surface area contributed by atoms with Gasteiger partial charge in [0.15, 0.2) is 9.84 Å². The first kappa shape index (κ1) is 12.0. The zero-order chi connectivity index (χ0) is 12.9. The van der Waals surface area contributed by atoms with Crippen molar-refractivity contribution in [2.45, 2.75) is 12.3 Å². The van der Waals surface area contributed by atoms with Crippen molar-refractivity contribution in [3.63, 3.8) is 0 Å². The van der Waals surface area contributed by atoms with Crippen LogP contribution in [-0.2, 0) is 9.84 Å². The zero-order valence-corrected chi connectivity index (χ0v) is 11.9. The Labute approximate surface area is 113 Å². The van der Waals surface area contributed by atoms with Crippen LogP contribution in [0, 0.1) is 0 Å². The highest BCUT2D eigenvalue weighted by Gasteiger charge is 2.31. The number of aromatic amines is 1. The number of rotatable bonds is 1. The predicted molar refractivity (Wildman–Crippen MR) is 74.2 cm³/mol. The van der Waals surface area contributed by atoms with Crippen molar-refractivity contribution in [2.75, 3.05) is 17.2 Å². The van der Waals surface area contributed by atoms with Crippen LogP contribution in [0.15, 0.2) is 16.6 Å². The Morgan fingerprint density at radius 1 is 1.44 bits per heavy atom. The van der Waals surface area contributed by atoms with Crippen molar-refractivity contribution in [3.05, 3.63) is 22.4 Å². The van der Waals surface area contributed by atoms with Gasteiger partial charge < -0.3 is 10.7 Å². The van der Waals surface area contributed by atoms with Crippen molar-refractivity contribution >= 4 is 42.5 Å². The summed E-state index contributed by atoms with van der Waals surface area (Å²) >= 11 is 3.37. The van der Waals surface area contributed by atoms with Crippen LogP contribution in [0.3, 0.4) is 0 Å². The third-order valence-corrected chi connectivity index (χ3v) is 5.44. The lowest BCUT2D eigenvalue weighted by Gasteiger charge is -2.01. The first-order chi connectivity index (χ1) is 8.44. The number of H-pyrrole nitrogens is 1. The van der Waals surface area contributed by atoms with Gasteiger partial charge in [0.1, 0.15) is 11.3 Å². The van der Waals surface area contributed by atoms with E-state index in [1.54, 1.807) is 6.07 Å². The Kier molecular flexibility index (Phi) is 2.63. The molecule has 7 heteroatoms. The average Bonchev–Trinajstić information content (AvgIpc) is 2.81. The van der Waals surface area contributed by atoms with E-state index in [-0.39, 0.29) is 17.4 Å². The van der Waals surface area contributed by atoms with Gasteiger partial charge in [-0.2, -0.15) is 0 Å². The average molecular weight is 330 g/mol. The number of nitrogens with one attached hydrogen (secondary N) is 1. The van der Waals surface area contributed by atoms with Gasteiger partial charge in [0.25, 0.3) is 0 Å². The molecule has 1 saturated heterocycles. The number of halogens is 1. The number of sulfone groups is 1. The number of anilines is 1. The van der Waals surface area contributed by atoms with Gasteiger partial charge in [0.05, 0.1) is 22.7 Å². The van der Waals surface area contributed by atoms with E-state index in [2.05, 4.69) is 25.9 Å². The van der Waals surface area contributed by atoms with E-state index in [1.165, 1.54) is 0 Å². The molecule has 0 amide bonds. The number of nitrogens with zero attached hydrogens (tertiary/aromatic N) is 1. The minimum Gasteiger partial charge on any atom is -0.397 e. The summed E-state index contributed by atoms with van der Waals surface area (Å²) in [5, 5.41) is 0. The molecule has 0 aliphatic carbocycles.